The molecule has 0 radical (unpaired) electrons. The molecule has 2 unspecified atom stereocenters. The van der Waals surface area contributed by atoms with Crippen LogP contribution in [0.4, 0.5) is 0 Å². The van der Waals surface area contributed by atoms with E-state index in [4.69, 9.17) is 5.73 Å². The average molecular weight is 227 g/mol. The van der Waals surface area contributed by atoms with Gasteiger partial charge in [0, 0.05) is 25.7 Å². The Hall–Kier alpha value is -0.120. The fraction of sp³-hybridized carbons (Fsp3) is 1.00. The third kappa shape index (κ3) is 4.81. The van der Waals surface area contributed by atoms with Gasteiger partial charge in [-0.1, -0.05) is 6.92 Å². The molecule has 0 bridgehead atoms. The van der Waals surface area contributed by atoms with Crippen molar-refractivity contribution in [3.05, 3.63) is 0 Å². The van der Waals surface area contributed by atoms with Crippen LogP contribution in [0.5, 0.6) is 0 Å². The molecule has 3 heteroatoms. The summed E-state index contributed by atoms with van der Waals surface area (Å²) in [6.07, 6.45) is 3.84. The molecule has 1 aliphatic rings. The maximum Gasteiger partial charge on any atom is 0.0192 e. The van der Waals surface area contributed by atoms with Gasteiger partial charge in [0.1, 0.15) is 0 Å². The van der Waals surface area contributed by atoms with Crippen molar-refractivity contribution in [1.82, 2.24) is 9.80 Å². The first-order valence-corrected chi connectivity index (χ1v) is 6.76. The average Bonchev–Trinajstić information content (AvgIpc) is 2.24. The number of nitrogens with zero attached hydrogens (tertiary/aromatic N) is 2. The van der Waals surface area contributed by atoms with Crippen LogP contribution < -0.4 is 5.73 Å². The smallest absolute Gasteiger partial charge is 0.0192 e. The first kappa shape index (κ1) is 13.9. The molecule has 2 N–H and O–H groups in total. The Balaban J connectivity index is 2.09. The van der Waals surface area contributed by atoms with Gasteiger partial charge in [-0.05, 0) is 52.2 Å². The SMILES string of the molecule is CC(CCN)CCCN1CCN(C)C(C)C1. The largest absolute Gasteiger partial charge is 0.330 e. The van der Waals surface area contributed by atoms with E-state index in [1.165, 1.54) is 45.4 Å². The Morgan fingerprint density at radius 2 is 2.06 bits per heavy atom. The van der Waals surface area contributed by atoms with Crippen molar-refractivity contribution in [1.29, 1.82) is 0 Å². The third-order valence-corrected chi connectivity index (χ3v) is 3.87. The summed E-state index contributed by atoms with van der Waals surface area (Å²) < 4.78 is 0. The first-order chi connectivity index (χ1) is 7.63. The van der Waals surface area contributed by atoms with E-state index in [0.29, 0.717) is 0 Å². The van der Waals surface area contributed by atoms with E-state index in [9.17, 15) is 0 Å². The summed E-state index contributed by atoms with van der Waals surface area (Å²) in [6.45, 7) is 10.5. The standard InChI is InChI=1S/C13H29N3/c1-12(6-7-14)5-4-8-16-10-9-15(3)13(2)11-16/h12-13H,4-11,14H2,1-3H3. The van der Waals surface area contributed by atoms with Gasteiger partial charge in [-0.3, -0.25) is 0 Å². The first-order valence-electron chi connectivity index (χ1n) is 6.76. The van der Waals surface area contributed by atoms with Crippen LogP contribution in [0.15, 0.2) is 0 Å². The van der Waals surface area contributed by atoms with Gasteiger partial charge >= 0.3 is 0 Å². The molecular weight excluding hydrogens is 198 g/mol. The highest BCUT2D eigenvalue weighted by molar-refractivity contribution is 4.76. The van der Waals surface area contributed by atoms with Crippen LogP contribution in [0.3, 0.4) is 0 Å². The van der Waals surface area contributed by atoms with Gasteiger partial charge in [0.2, 0.25) is 0 Å². The van der Waals surface area contributed by atoms with Crippen LogP contribution in [0, 0.1) is 5.92 Å². The number of piperazine rings is 1. The summed E-state index contributed by atoms with van der Waals surface area (Å²) in [5.41, 5.74) is 5.56. The second kappa shape index (κ2) is 7.25. The Kier molecular flexibility index (Phi) is 6.32. The zero-order chi connectivity index (χ0) is 12.0. The predicted octanol–water partition coefficient (Wildman–Crippen LogP) is 1.39. The van der Waals surface area contributed by atoms with Crippen LogP contribution in [0.2, 0.25) is 0 Å². The molecule has 1 fully saturated rings. The highest BCUT2D eigenvalue weighted by atomic mass is 15.3. The molecule has 2 atom stereocenters. The number of hydrogen-bond donors (Lipinski definition) is 1. The van der Waals surface area contributed by atoms with E-state index in [1.807, 2.05) is 0 Å². The molecular formula is C13H29N3. The van der Waals surface area contributed by atoms with Crippen molar-refractivity contribution in [2.24, 2.45) is 11.7 Å². The minimum Gasteiger partial charge on any atom is -0.330 e. The summed E-state index contributed by atoms with van der Waals surface area (Å²) in [6, 6.07) is 0.718. The molecule has 1 rings (SSSR count). The summed E-state index contributed by atoms with van der Waals surface area (Å²) in [4.78, 5) is 5.06. The highest BCUT2D eigenvalue weighted by Crippen LogP contribution is 2.12. The van der Waals surface area contributed by atoms with Crippen molar-refractivity contribution in [2.75, 3.05) is 39.8 Å². The molecule has 1 aliphatic heterocycles. The quantitative estimate of drug-likeness (QED) is 0.744. The van der Waals surface area contributed by atoms with Gasteiger partial charge in [0.15, 0.2) is 0 Å². The lowest BCUT2D eigenvalue weighted by Gasteiger charge is -2.37. The van der Waals surface area contributed by atoms with Crippen LogP contribution in [0.25, 0.3) is 0 Å². The van der Waals surface area contributed by atoms with E-state index < -0.39 is 0 Å². The minimum absolute atomic E-state index is 0.718. The van der Waals surface area contributed by atoms with Gasteiger partial charge in [0.25, 0.3) is 0 Å². The molecule has 0 saturated carbocycles. The zero-order valence-electron chi connectivity index (χ0n) is 11.3. The normalized spacial score (nSPS) is 25.9. The van der Waals surface area contributed by atoms with Crippen molar-refractivity contribution >= 4 is 0 Å². The van der Waals surface area contributed by atoms with Crippen molar-refractivity contribution in [3.8, 4) is 0 Å². The number of likely N-dealkylation sites (N-methyl/N-ethyl adjacent to an activating group) is 1. The van der Waals surface area contributed by atoms with Crippen molar-refractivity contribution in [3.63, 3.8) is 0 Å². The maximum absolute atomic E-state index is 5.56. The Labute approximate surface area is 101 Å². The lowest BCUT2D eigenvalue weighted by atomic mass is 10.0. The fourth-order valence-corrected chi connectivity index (χ4v) is 2.42. The summed E-state index contributed by atoms with van der Waals surface area (Å²) in [5.74, 6) is 0.801. The molecule has 16 heavy (non-hydrogen) atoms. The minimum atomic E-state index is 0.718. The second-order valence-corrected chi connectivity index (χ2v) is 5.45. The number of hydrogen-bond acceptors (Lipinski definition) is 3. The fourth-order valence-electron chi connectivity index (χ4n) is 2.42. The Bertz CT molecular complexity index is 184. The molecule has 0 aromatic rings. The molecule has 0 spiro atoms. The van der Waals surface area contributed by atoms with Crippen LogP contribution in [-0.4, -0.2) is 55.6 Å². The monoisotopic (exact) mass is 227 g/mol. The van der Waals surface area contributed by atoms with E-state index >= 15 is 0 Å². The van der Waals surface area contributed by atoms with E-state index in [-0.39, 0.29) is 0 Å². The molecule has 1 heterocycles. The van der Waals surface area contributed by atoms with Crippen LogP contribution >= 0.6 is 0 Å². The topological polar surface area (TPSA) is 32.5 Å². The van der Waals surface area contributed by atoms with E-state index in [0.717, 1.165) is 18.5 Å². The molecule has 96 valence electrons. The lowest BCUT2D eigenvalue weighted by molar-refractivity contribution is 0.103. The zero-order valence-corrected chi connectivity index (χ0v) is 11.3. The van der Waals surface area contributed by atoms with Crippen molar-refractivity contribution < 1.29 is 0 Å². The molecule has 0 aromatic heterocycles. The molecule has 0 amide bonds. The van der Waals surface area contributed by atoms with Gasteiger partial charge < -0.3 is 15.5 Å². The maximum atomic E-state index is 5.56. The van der Waals surface area contributed by atoms with Crippen LogP contribution in [-0.2, 0) is 0 Å². The summed E-state index contributed by atoms with van der Waals surface area (Å²) in [5, 5.41) is 0. The lowest BCUT2D eigenvalue weighted by Crippen LogP contribution is -2.50. The van der Waals surface area contributed by atoms with E-state index in [2.05, 4.69) is 30.7 Å². The summed E-state index contributed by atoms with van der Waals surface area (Å²) in [7, 11) is 2.23. The third-order valence-electron chi connectivity index (χ3n) is 3.87. The van der Waals surface area contributed by atoms with Crippen LogP contribution in [0.1, 0.15) is 33.1 Å². The number of nitrogens with two attached hydrogens (primary N) is 1. The molecule has 1 saturated heterocycles. The summed E-state index contributed by atoms with van der Waals surface area (Å²) >= 11 is 0. The van der Waals surface area contributed by atoms with E-state index in [1.54, 1.807) is 0 Å². The molecule has 0 aliphatic carbocycles. The molecule has 0 aromatic carbocycles. The Morgan fingerprint density at radius 3 is 2.69 bits per heavy atom. The second-order valence-electron chi connectivity index (χ2n) is 5.45. The van der Waals surface area contributed by atoms with Gasteiger partial charge in [-0.15, -0.1) is 0 Å². The Morgan fingerprint density at radius 1 is 1.31 bits per heavy atom. The highest BCUT2D eigenvalue weighted by Gasteiger charge is 2.19. The van der Waals surface area contributed by atoms with Crippen molar-refractivity contribution in [2.45, 2.75) is 39.2 Å². The molecule has 3 nitrogen and oxygen atoms in total. The predicted molar refractivity (Wildman–Crippen MR) is 70.6 cm³/mol. The van der Waals surface area contributed by atoms with Gasteiger partial charge in [-0.2, -0.15) is 0 Å². The van der Waals surface area contributed by atoms with Gasteiger partial charge in [0.05, 0.1) is 0 Å². The van der Waals surface area contributed by atoms with Gasteiger partial charge in [-0.25, -0.2) is 0 Å². The number of rotatable bonds is 6.